The van der Waals surface area contributed by atoms with Crippen LogP contribution in [0.3, 0.4) is 0 Å². The Morgan fingerprint density at radius 1 is 1.33 bits per heavy atom. The minimum atomic E-state index is -0.668. The second-order valence-electron chi connectivity index (χ2n) is 5.58. The molecule has 126 valence electrons. The van der Waals surface area contributed by atoms with Crippen LogP contribution in [0.2, 0.25) is 0 Å². The Morgan fingerprint density at radius 3 is 3.00 bits per heavy atom. The normalized spacial score (nSPS) is 17.9. The molecule has 7 nitrogen and oxygen atoms in total. The molecule has 8 heteroatoms. The summed E-state index contributed by atoms with van der Waals surface area (Å²) in [5.74, 6) is -0.622. The van der Waals surface area contributed by atoms with Gasteiger partial charge >= 0.3 is 6.03 Å². The number of fused-ring (bicyclic) bond motifs is 1. The van der Waals surface area contributed by atoms with Crippen molar-refractivity contribution in [1.29, 1.82) is 0 Å². The quantitative estimate of drug-likeness (QED) is 0.711. The van der Waals surface area contributed by atoms with E-state index in [0.29, 0.717) is 13.0 Å². The zero-order valence-electron chi connectivity index (χ0n) is 13.0. The maximum absolute atomic E-state index is 12.1. The highest BCUT2D eigenvalue weighted by Gasteiger charge is 2.25. The Morgan fingerprint density at radius 2 is 2.17 bits per heavy atom. The highest BCUT2D eigenvalue weighted by atomic mass is 32.1. The van der Waals surface area contributed by atoms with Gasteiger partial charge in [-0.05, 0) is 25.0 Å². The molecule has 0 unspecified atom stereocenters. The summed E-state index contributed by atoms with van der Waals surface area (Å²) in [6.45, 7) is 0.502. The van der Waals surface area contributed by atoms with E-state index < -0.39 is 12.1 Å². The molecule has 0 aliphatic carbocycles. The fraction of sp³-hybridized carbons (Fsp3) is 0.375. The third-order valence-corrected chi connectivity index (χ3v) is 4.84. The zero-order valence-corrected chi connectivity index (χ0v) is 13.8. The Kier molecular flexibility index (Phi) is 5.05. The number of carbonyl (C=O) groups is 3. The molecule has 1 aromatic carbocycles. The van der Waals surface area contributed by atoms with E-state index in [2.05, 4.69) is 20.9 Å². The van der Waals surface area contributed by atoms with Gasteiger partial charge in [0, 0.05) is 19.4 Å². The number of hydrogen-bond acceptors (Lipinski definition) is 5. The lowest BCUT2D eigenvalue weighted by Crippen LogP contribution is -2.48. The van der Waals surface area contributed by atoms with E-state index in [4.69, 9.17) is 0 Å². The zero-order chi connectivity index (χ0) is 16.9. The van der Waals surface area contributed by atoms with E-state index in [0.717, 1.165) is 28.1 Å². The van der Waals surface area contributed by atoms with E-state index in [-0.39, 0.29) is 18.2 Å². The summed E-state index contributed by atoms with van der Waals surface area (Å²) in [4.78, 5) is 39.3. The Hall–Kier alpha value is -2.48. The Balaban J connectivity index is 1.44. The second kappa shape index (κ2) is 7.39. The summed E-state index contributed by atoms with van der Waals surface area (Å²) in [7, 11) is 0. The summed E-state index contributed by atoms with van der Waals surface area (Å²) in [5, 5.41) is 8.49. The first-order valence-electron chi connectivity index (χ1n) is 7.84. The molecule has 0 radical (unpaired) electrons. The molecule has 1 saturated heterocycles. The third kappa shape index (κ3) is 4.08. The number of aryl methyl sites for hydroxylation is 1. The lowest BCUT2D eigenvalue weighted by molar-refractivity contribution is -0.123. The molecule has 0 saturated carbocycles. The van der Waals surface area contributed by atoms with Crippen molar-refractivity contribution in [3.8, 4) is 0 Å². The van der Waals surface area contributed by atoms with E-state index >= 15 is 0 Å². The molecule has 0 bridgehead atoms. The molecular formula is C16H18N4O3S. The van der Waals surface area contributed by atoms with Crippen molar-refractivity contribution in [3.63, 3.8) is 0 Å². The Bertz CT molecular complexity index is 741. The molecule has 1 aliphatic heterocycles. The van der Waals surface area contributed by atoms with Crippen molar-refractivity contribution < 1.29 is 14.4 Å². The molecule has 1 atom stereocenters. The Labute approximate surface area is 142 Å². The smallest absolute Gasteiger partial charge is 0.322 e. The highest BCUT2D eigenvalue weighted by molar-refractivity contribution is 7.18. The number of nitrogens with zero attached hydrogens (tertiary/aromatic N) is 1. The minimum absolute atomic E-state index is 0.155. The number of imide groups is 1. The first kappa shape index (κ1) is 16.4. The summed E-state index contributed by atoms with van der Waals surface area (Å²) in [6, 6.07) is 6.70. The number of benzene rings is 1. The van der Waals surface area contributed by atoms with Crippen LogP contribution in [0.15, 0.2) is 24.3 Å². The van der Waals surface area contributed by atoms with Gasteiger partial charge in [0.05, 0.1) is 15.2 Å². The largest absolute Gasteiger partial charge is 0.354 e. The molecule has 3 rings (SSSR count). The average molecular weight is 346 g/mol. The monoisotopic (exact) mass is 346 g/mol. The number of rotatable bonds is 5. The van der Waals surface area contributed by atoms with Gasteiger partial charge in [-0.2, -0.15) is 0 Å². The van der Waals surface area contributed by atoms with E-state index in [1.54, 1.807) is 11.3 Å². The lowest BCUT2D eigenvalue weighted by Gasteiger charge is -2.14. The molecule has 2 aromatic rings. The number of urea groups is 1. The number of thiazole rings is 1. The lowest BCUT2D eigenvalue weighted by atomic mass is 10.1. The molecule has 1 fully saturated rings. The van der Waals surface area contributed by atoms with Crippen LogP contribution < -0.4 is 16.0 Å². The molecule has 1 aliphatic rings. The van der Waals surface area contributed by atoms with Crippen molar-refractivity contribution in [2.45, 2.75) is 31.7 Å². The maximum atomic E-state index is 12.1. The fourth-order valence-electron chi connectivity index (χ4n) is 2.53. The van der Waals surface area contributed by atoms with Gasteiger partial charge in [0.1, 0.15) is 6.04 Å². The summed E-state index contributed by atoms with van der Waals surface area (Å²) in [6.07, 6.45) is 2.02. The summed E-state index contributed by atoms with van der Waals surface area (Å²) >= 11 is 1.66. The van der Waals surface area contributed by atoms with Gasteiger partial charge < -0.3 is 10.6 Å². The van der Waals surface area contributed by atoms with Crippen molar-refractivity contribution in [2.75, 3.05) is 6.54 Å². The van der Waals surface area contributed by atoms with Gasteiger partial charge in [0.15, 0.2) is 0 Å². The van der Waals surface area contributed by atoms with Gasteiger partial charge in [-0.25, -0.2) is 9.78 Å². The molecular weight excluding hydrogens is 328 g/mol. The first-order valence-corrected chi connectivity index (χ1v) is 8.66. The average Bonchev–Trinajstić information content (AvgIpc) is 2.89. The van der Waals surface area contributed by atoms with E-state index in [1.807, 2.05) is 24.3 Å². The second-order valence-corrected chi connectivity index (χ2v) is 6.70. The predicted octanol–water partition coefficient (Wildman–Crippen LogP) is 1.33. The third-order valence-electron chi connectivity index (χ3n) is 3.74. The molecule has 4 amide bonds. The van der Waals surface area contributed by atoms with Gasteiger partial charge in [0.25, 0.3) is 0 Å². The van der Waals surface area contributed by atoms with Crippen molar-refractivity contribution in [3.05, 3.63) is 29.3 Å². The molecule has 3 N–H and O–H groups in total. The van der Waals surface area contributed by atoms with Crippen LogP contribution in [0.4, 0.5) is 4.79 Å². The number of amides is 4. The number of nitrogens with one attached hydrogen (secondary N) is 3. The molecule has 2 heterocycles. The minimum Gasteiger partial charge on any atom is -0.354 e. The van der Waals surface area contributed by atoms with Crippen LogP contribution in [-0.4, -0.2) is 35.4 Å². The fourth-order valence-corrected chi connectivity index (χ4v) is 3.54. The van der Waals surface area contributed by atoms with Crippen LogP contribution in [0.5, 0.6) is 0 Å². The van der Waals surface area contributed by atoms with Gasteiger partial charge in [-0.1, -0.05) is 12.1 Å². The summed E-state index contributed by atoms with van der Waals surface area (Å²) < 4.78 is 1.16. The van der Waals surface area contributed by atoms with Crippen molar-refractivity contribution in [1.82, 2.24) is 20.9 Å². The van der Waals surface area contributed by atoms with Crippen LogP contribution in [0.25, 0.3) is 10.2 Å². The number of para-hydroxylation sites is 1. The van der Waals surface area contributed by atoms with Crippen LogP contribution >= 0.6 is 11.3 Å². The van der Waals surface area contributed by atoms with Crippen molar-refractivity contribution in [2.24, 2.45) is 0 Å². The maximum Gasteiger partial charge on any atom is 0.322 e. The predicted molar refractivity (Wildman–Crippen MR) is 90.6 cm³/mol. The topological polar surface area (TPSA) is 100 Å². The van der Waals surface area contributed by atoms with Crippen LogP contribution in [0, 0.1) is 0 Å². The van der Waals surface area contributed by atoms with Gasteiger partial charge in [0.2, 0.25) is 11.8 Å². The molecule has 24 heavy (non-hydrogen) atoms. The highest BCUT2D eigenvalue weighted by Crippen LogP contribution is 2.22. The first-order chi connectivity index (χ1) is 11.6. The van der Waals surface area contributed by atoms with Gasteiger partial charge in [-0.15, -0.1) is 11.3 Å². The standard InChI is InChI=1S/C16H18N4O3S/c21-13-8-7-11(19-16(23)20-13)15(22)17-9-3-6-14-18-10-4-1-2-5-12(10)24-14/h1-2,4-5,11H,3,6-9H2,(H,17,22)(H2,19,20,21,23)/t11-/m0/s1. The van der Waals surface area contributed by atoms with E-state index in [1.165, 1.54) is 0 Å². The van der Waals surface area contributed by atoms with Crippen LogP contribution in [0.1, 0.15) is 24.3 Å². The molecule has 0 spiro atoms. The SMILES string of the molecule is O=C1CC[C@@H](C(=O)NCCCc2nc3ccccc3s2)NC(=O)N1. The van der Waals surface area contributed by atoms with Gasteiger partial charge in [-0.3, -0.25) is 14.9 Å². The van der Waals surface area contributed by atoms with Crippen LogP contribution in [-0.2, 0) is 16.0 Å². The molecule has 1 aromatic heterocycles. The van der Waals surface area contributed by atoms with Crippen molar-refractivity contribution >= 4 is 39.4 Å². The van der Waals surface area contributed by atoms with E-state index in [9.17, 15) is 14.4 Å². The number of aromatic nitrogens is 1. The number of carbonyl (C=O) groups excluding carboxylic acids is 3. The summed E-state index contributed by atoms with van der Waals surface area (Å²) in [5.41, 5.74) is 1.000. The number of hydrogen-bond donors (Lipinski definition) is 3.